The number of amides is 1. The van der Waals surface area contributed by atoms with E-state index in [1.807, 2.05) is 6.07 Å². The SMILES string of the molecule is Cn1nc(-c2cccc3cnccc23)c(C(F)(F)F)c1C(=O)Nc1cnc(-n2nccn2)c(C#N)c1. The van der Waals surface area contributed by atoms with E-state index in [0.717, 1.165) is 9.48 Å². The second kappa shape index (κ2) is 8.58. The first-order valence-electron chi connectivity index (χ1n) is 10.3. The number of carbonyl (C=O) groups is 1. The van der Waals surface area contributed by atoms with Gasteiger partial charge in [-0.05, 0) is 17.5 Å². The van der Waals surface area contributed by atoms with E-state index in [-0.39, 0.29) is 28.3 Å². The molecule has 0 fully saturated rings. The lowest BCUT2D eigenvalue weighted by Crippen LogP contribution is -2.21. The molecule has 36 heavy (non-hydrogen) atoms. The van der Waals surface area contributed by atoms with E-state index in [2.05, 4.69) is 30.6 Å². The number of benzene rings is 1. The third-order valence-corrected chi connectivity index (χ3v) is 5.33. The van der Waals surface area contributed by atoms with Crippen LogP contribution in [0.1, 0.15) is 21.6 Å². The standard InChI is InChI=1S/C23H14F3N9O/c1-34-20(22(36)32-15-9-14(10-27)21(29-12-15)35-30-7-8-31-35)18(23(24,25)26)19(33-34)17-4-2-3-13-11-28-6-5-16(13)17/h2-9,11-12H,1H3,(H,32,36). The van der Waals surface area contributed by atoms with Crippen molar-refractivity contribution in [3.8, 4) is 23.1 Å². The van der Waals surface area contributed by atoms with Crippen LogP contribution in [0.15, 0.2) is 61.3 Å². The van der Waals surface area contributed by atoms with Crippen LogP contribution < -0.4 is 5.32 Å². The monoisotopic (exact) mass is 489 g/mol. The number of anilines is 1. The van der Waals surface area contributed by atoms with E-state index >= 15 is 0 Å². The highest BCUT2D eigenvalue weighted by Crippen LogP contribution is 2.41. The zero-order chi connectivity index (χ0) is 25.4. The van der Waals surface area contributed by atoms with Crippen LogP contribution in [0.5, 0.6) is 0 Å². The molecule has 0 saturated carbocycles. The number of fused-ring (bicyclic) bond motifs is 1. The van der Waals surface area contributed by atoms with Crippen molar-refractivity contribution < 1.29 is 18.0 Å². The van der Waals surface area contributed by atoms with Crippen LogP contribution in [-0.2, 0) is 13.2 Å². The molecular formula is C23H14F3N9O. The normalized spacial score (nSPS) is 11.4. The molecule has 1 aromatic carbocycles. The highest BCUT2D eigenvalue weighted by atomic mass is 19.4. The molecule has 0 unspecified atom stereocenters. The molecule has 4 heterocycles. The maximum Gasteiger partial charge on any atom is 0.420 e. The molecule has 178 valence electrons. The van der Waals surface area contributed by atoms with Crippen molar-refractivity contribution in [2.24, 2.45) is 7.05 Å². The van der Waals surface area contributed by atoms with E-state index < -0.39 is 23.3 Å². The number of nitrogens with zero attached hydrogens (tertiary/aromatic N) is 8. The first-order valence-corrected chi connectivity index (χ1v) is 10.3. The van der Waals surface area contributed by atoms with Crippen LogP contribution in [0.4, 0.5) is 18.9 Å². The zero-order valence-corrected chi connectivity index (χ0v) is 18.4. The molecular weight excluding hydrogens is 475 g/mol. The van der Waals surface area contributed by atoms with Crippen LogP contribution in [-0.4, -0.2) is 40.6 Å². The van der Waals surface area contributed by atoms with Gasteiger partial charge in [-0.25, -0.2) is 4.98 Å². The summed E-state index contributed by atoms with van der Waals surface area (Å²) in [5.41, 5.74) is -2.03. The Kier molecular flexibility index (Phi) is 5.40. The van der Waals surface area contributed by atoms with Gasteiger partial charge >= 0.3 is 6.18 Å². The number of hydrogen-bond donors (Lipinski definition) is 1. The maximum absolute atomic E-state index is 14.3. The summed E-state index contributed by atoms with van der Waals surface area (Å²) in [6.07, 6.45) is 2.09. The highest BCUT2D eigenvalue weighted by molar-refractivity contribution is 6.06. The number of halogens is 3. The number of rotatable bonds is 4. The fourth-order valence-electron chi connectivity index (χ4n) is 3.85. The fourth-order valence-corrected chi connectivity index (χ4v) is 3.85. The average Bonchev–Trinajstić information content (AvgIpc) is 3.51. The Morgan fingerprint density at radius 1 is 1.11 bits per heavy atom. The van der Waals surface area contributed by atoms with E-state index in [4.69, 9.17) is 0 Å². The van der Waals surface area contributed by atoms with E-state index in [0.29, 0.717) is 10.8 Å². The minimum atomic E-state index is -4.89. The number of nitriles is 1. The molecule has 10 nitrogen and oxygen atoms in total. The summed E-state index contributed by atoms with van der Waals surface area (Å²) in [6.45, 7) is 0. The van der Waals surface area contributed by atoms with Crippen molar-refractivity contribution in [3.63, 3.8) is 0 Å². The fraction of sp³-hybridized carbons (Fsp3) is 0.0870. The molecule has 0 aliphatic heterocycles. The summed E-state index contributed by atoms with van der Waals surface area (Å²) in [5.74, 6) is -0.967. The minimum Gasteiger partial charge on any atom is -0.319 e. The van der Waals surface area contributed by atoms with Gasteiger partial charge in [-0.2, -0.15) is 33.7 Å². The van der Waals surface area contributed by atoms with Crippen molar-refractivity contribution in [1.82, 2.24) is 34.7 Å². The van der Waals surface area contributed by atoms with Gasteiger partial charge in [-0.1, -0.05) is 18.2 Å². The predicted octanol–water partition coefficient (Wildman–Crippen LogP) is 3.75. The Bertz CT molecular complexity index is 1640. The minimum absolute atomic E-state index is 0.00936. The smallest absolute Gasteiger partial charge is 0.319 e. The number of pyridine rings is 2. The molecule has 0 atom stereocenters. The molecule has 0 saturated heterocycles. The largest absolute Gasteiger partial charge is 0.420 e. The second-order valence-electron chi connectivity index (χ2n) is 7.58. The van der Waals surface area contributed by atoms with Gasteiger partial charge in [0.15, 0.2) is 5.82 Å². The summed E-state index contributed by atoms with van der Waals surface area (Å²) in [4.78, 5) is 22.3. The van der Waals surface area contributed by atoms with Crippen molar-refractivity contribution in [1.29, 1.82) is 5.26 Å². The maximum atomic E-state index is 14.3. The summed E-state index contributed by atoms with van der Waals surface area (Å²) < 4.78 is 43.8. The summed E-state index contributed by atoms with van der Waals surface area (Å²) in [7, 11) is 1.26. The Labute approximate surface area is 200 Å². The van der Waals surface area contributed by atoms with Gasteiger partial charge in [0, 0.05) is 30.4 Å². The van der Waals surface area contributed by atoms with E-state index in [1.54, 1.807) is 18.2 Å². The van der Waals surface area contributed by atoms with E-state index in [1.165, 1.54) is 50.2 Å². The Morgan fingerprint density at radius 2 is 1.89 bits per heavy atom. The van der Waals surface area contributed by atoms with E-state index in [9.17, 15) is 23.2 Å². The van der Waals surface area contributed by atoms with Gasteiger partial charge in [0.25, 0.3) is 5.91 Å². The van der Waals surface area contributed by atoms with Gasteiger partial charge in [0.05, 0.1) is 24.3 Å². The van der Waals surface area contributed by atoms with Crippen molar-refractivity contribution in [3.05, 3.63) is 78.1 Å². The summed E-state index contributed by atoms with van der Waals surface area (Å²) in [5, 5.41) is 24.9. The van der Waals surface area contributed by atoms with Crippen molar-refractivity contribution in [2.45, 2.75) is 6.18 Å². The average molecular weight is 489 g/mol. The Hall–Kier alpha value is -5.12. The first kappa shape index (κ1) is 22.7. The molecule has 4 aromatic heterocycles. The van der Waals surface area contributed by atoms with Crippen LogP contribution in [0, 0.1) is 11.3 Å². The zero-order valence-electron chi connectivity index (χ0n) is 18.4. The number of aromatic nitrogens is 7. The third-order valence-electron chi connectivity index (χ3n) is 5.33. The predicted molar refractivity (Wildman–Crippen MR) is 121 cm³/mol. The molecule has 0 spiro atoms. The lowest BCUT2D eigenvalue weighted by molar-refractivity contribution is -0.137. The van der Waals surface area contributed by atoms with Gasteiger partial charge < -0.3 is 5.32 Å². The van der Waals surface area contributed by atoms with Gasteiger partial charge in [-0.15, -0.1) is 4.80 Å². The van der Waals surface area contributed by atoms with Crippen LogP contribution in [0.25, 0.3) is 27.8 Å². The highest BCUT2D eigenvalue weighted by Gasteiger charge is 2.42. The molecule has 0 bridgehead atoms. The molecule has 1 N–H and O–H groups in total. The quantitative estimate of drug-likeness (QED) is 0.407. The molecule has 5 rings (SSSR count). The molecule has 0 radical (unpaired) electrons. The number of alkyl halides is 3. The van der Waals surface area contributed by atoms with Crippen molar-refractivity contribution in [2.75, 3.05) is 5.32 Å². The summed E-state index contributed by atoms with van der Waals surface area (Å²) in [6, 6.07) is 9.59. The van der Waals surface area contributed by atoms with Crippen LogP contribution >= 0.6 is 0 Å². The number of nitrogens with one attached hydrogen (secondary N) is 1. The molecule has 0 aliphatic carbocycles. The summed E-state index contributed by atoms with van der Waals surface area (Å²) >= 11 is 0. The number of carbonyl (C=O) groups excluding carboxylic acids is 1. The Morgan fingerprint density at radius 3 is 2.61 bits per heavy atom. The lowest BCUT2D eigenvalue weighted by atomic mass is 9.99. The number of hydrogen-bond acceptors (Lipinski definition) is 7. The van der Waals surface area contributed by atoms with Gasteiger partial charge in [0.2, 0.25) is 0 Å². The second-order valence-corrected chi connectivity index (χ2v) is 7.58. The van der Waals surface area contributed by atoms with Crippen LogP contribution in [0.3, 0.4) is 0 Å². The van der Waals surface area contributed by atoms with Gasteiger partial charge in [0.1, 0.15) is 28.6 Å². The topological polar surface area (TPSA) is 127 Å². The molecule has 0 aliphatic rings. The molecule has 1 amide bonds. The van der Waals surface area contributed by atoms with Gasteiger partial charge in [-0.3, -0.25) is 14.5 Å². The molecule has 13 heteroatoms. The van der Waals surface area contributed by atoms with Crippen LogP contribution in [0.2, 0.25) is 0 Å². The lowest BCUT2D eigenvalue weighted by Gasteiger charge is -2.12. The molecule has 5 aromatic rings. The third kappa shape index (κ3) is 3.90. The Balaban J connectivity index is 1.58. The van der Waals surface area contributed by atoms with Crippen molar-refractivity contribution >= 4 is 22.4 Å². The first-order chi connectivity index (χ1) is 17.3. The number of aryl methyl sites for hydroxylation is 1.